The summed E-state index contributed by atoms with van der Waals surface area (Å²) in [4.78, 5) is 0. The Morgan fingerprint density at radius 2 is 1.23 bits per heavy atom. The van der Waals surface area contributed by atoms with E-state index in [4.69, 9.17) is 0 Å². The highest BCUT2D eigenvalue weighted by Gasteiger charge is 2.18. The van der Waals surface area contributed by atoms with Crippen LogP contribution in [0.1, 0.15) is 42.5 Å². The van der Waals surface area contributed by atoms with Gasteiger partial charge in [0.1, 0.15) is 9.52 Å². The average Bonchev–Trinajstić information content (AvgIpc) is 2.98. The van der Waals surface area contributed by atoms with Crippen molar-refractivity contribution >= 4 is 14.7 Å². The van der Waals surface area contributed by atoms with Crippen LogP contribution in [-0.4, -0.2) is 9.52 Å². The molecular weight excluding hydrogens is 376 g/mol. The predicted octanol–water partition coefficient (Wildman–Crippen LogP) is 7.21. The van der Waals surface area contributed by atoms with Gasteiger partial charge in [0.25, 0.3) is 0 Å². The standard InChI is InChI=1S/C29H30Si/c1-18-12-19(2)15-24(14-18)26-8-7-9-28(30-27-11-10-22(5)23(27)6)29(26)25-16-20(3)13-21(4)17-25/h7-10,12-17H,11H2,1-6H3. The Bertz CT molecular complexity index is 1150. The number of aryl methyl sites for hydroxylation is 4. The van der Waals surface area contributed by atoms with Gasteiger partial charge in [0.2, 0.25) is 0 Å². The summed E-state index contributed by atoms with van der Waals surface area (Å²) in [5, 5.41) is 3.03. The number of rotatable bonds is 4. The third-order valence-electron chi connectivity index (χ3n) is 6.05. The fourth-order valence-electron chi connectivity index (χ4n) is 4.56. The van der Waals surface area contributed by atoms with Gasteiger partial charge in [0.05, 0.1) is 0 Å². The molecule has 0 fully saturated rings. The Hall–Kier alpha value is -2.64. The molecular formula is C29H30Si. The first-order valence-electron chi connectivity index (χ1n) is 10.8. The Labute approximate surface area is 184 Å². The van der Waals surface area contributed by atoms with Crippen LogP contribution in [0.3, 0.4) is 0 Å². The Kier molecular flexibility index (Phi) is 5.66. The fourth-order valence-corrected chi connectivity index (χ4v) is 6.06. The second kappa shape index (κ2) is 8.24. The molecule has 1 heteroatoms. The van der Waals surface area contributed by atoms with E-state index in [1.807, 2.05) is 0 Å². The summed E-state index contributed by atoms with van der Waals surface area (Å²) in [5.41, 5.74) is 13.6. The van der Waals surface area contributed by atoms with Crippen LogP contribution >= 0.6 is 0 Å². The lowest BCUT2D eigenvalue weighted by Gasteiger charge is -2.18. The maximum atomic E-state index is 2.38. The third kappa shape index (κ3) is 4.13. The normalized spacial score (nSPS) is 13.7. The molecule has 0 heterocycles. The van der Waals surface area contributed by atoms with Crippen molar-refractivity contribution in [2.75, 3.05) is 0 Å². The smallest absolute Gasteiger partial charge is 0.0777 e. The van der Waals surface area contributed by atoms with Crippen molar-refractivity contribution in [3.63, 3.8) is 0 Å². The van der Waals surface area contributed by atoms with Gasteiger partial charge in [-0.1, -0.05) is 104 Å². The summed E-state index contributed by atoms with van der Waals surface area (Å²) in [5.74, 6) is 0. The zero-order chi connectivity index (χ0) is 21.4. The van der Waals surface area contributed by atoms with E-state index >= 15 is 0 Å². The monoisotopic (exact) mass is 406 g/mol. The van der Waals surface area contributed by atoms with Gasteiger partial charge < -0.3 is 0 Å². The largest absolute Gasteiger partial charge is 0.117 e. The minimum Gasteiger partial charge on any atom is -0.0777 e. The maximum absolute atomic E-state index is 2.38. The van der Waals surface area contributed by atoms with Gasteiger partial charge in [-0.05, 0) is 70.2 Å². The van der Waals surface area contributed by atoms with Crippen molar-refractivity contribution in [3.8, 4) is 22.3 Å². The van der Waals surface area contributed by atoms with Crippen LogP contribution in [0.2, 0.25) is 0 Å². The summed E-state index contributed by atoms with van der Waals surface area (Å²) in [6.45, 7) is 13.3. The molecule has 3 aromatic carbocycles. The Balaban J connectivity index is 1.95. The lowest BCUT2D eigenvalue weighted by molar-refractivity contribution is 1.36. The van der Waals surface area contributed by atoms with Crippen LogP contribution in [0.25, 0.3) is 22.3 Å². The van der Waals surface area contributed by atoms with Crippen molar-refractivity contribution in [3.05, 3.63) is 99.3 Å². The molecule has 30 heavy (non-hydrogen) atoms. The topological polar surface area (TPSA) is 0 Å². The first kappa shape index (κ1) is 20.6. The zero-order valence-corrected chi connectivity index (χ0v) is 20.0. The highest BCUT2D eigenvalue weighted by atomic mass is 28.2. The van der Waals surface area contributed by atoms with E-state index in [-0.39, 0.29) is 0 Å². The molecule has 4 rings (SSSR count). The highest BCUT2D eigenvalue weighted by molar-refractivity contribution is 6.63. The minimum absolute atomic E-state index is 0.706. The highest BCUT2D eigenvalue weighted by Crippen LogP contribution is 2.34. The molecule has 150 valence electrons. The second-order valence-electron chi connectivity index (χ2n) is 8.80. The molecule has 1 aliphatic rings. The van der Waals surface area contributed by atoms with Crippen LogP contribution in [0.5, 0.6) is 0 Å². The first-order valence-corrected chi connectivity index (χ1v) is 11.8. The van der Waals surface area contributed by atoms with Gasteiger partial charge in [0, 0.05) is 0 Å². The zero-order valence-electron chi connectivity index (χ0n) is 19.0. The van der Waals surface area contributed by atoms with Crippen LogP contribution in [0.15, 0.2) is 77.0 Å². The SMILES string of the molecule is CC1=CCC([Si]c2cccc(-c3cc(C)cc(C)c3)c2-c2cc(C)cc(C)c2)=C1C. The summed E-state index contributed by atoms with van der Waals surface area (Å²) in [6, 6.07) is 20.8. The molecule has 0 atom stereocenters. The van der Waals surface area contributed by atoms with E-state index in [1.54, 1.807) is 5.20 Å². The number of benzene rings is 3. The molecule has 1 aliphatic carbocycles. The fraction of sp³-hybridized carbons (Fsp3) is 0.241. The Morgan fingerprint density at radius 3 is 1.77 bits per heavy atom. The molecule has 3 aromatic rings. The summed E-state index contributed by atoms with van der Waals surface area (Å²) >= 11 is 0. The van der Waals surface area contributed by atoms with Gasteiger partial charge in [-0.25, -0.2) is 0 Å². The lowest BCUT2D eigenvalue weighted by atomic mass is 9.91. The van der Waals surface area contributed by atoms with Gasteiger partial charge in [-0.3, -0.25) is 0 Å². The molecule has 0 nitrogen and oxygen atoms in total. The number of hydrogen-bond donors (Lipinski definition) is 0. The van der Waals surface area contributed by atoms with E-state index in [0.717, 1.165) is 6.42 Å². The van der Waals surface area contributed by atoms with Crippen molar-refractivity contribution < 1.29 is 0 Å². The van der Waals surface area contributed by atoms with E-state index in [2.05, 4.69) is 102 Å². The maximum Gasteiger partial charge on any atom is 0.117 e. The van der Waals surface area contributed by atoms with Gasteiger partial charge in [0.15, 0.2) is 0 Å². The second-order valence-corrected chi connectivity index (χ2v) is 10.2. The molecule has 0 unspecified atom stereocenters. The van der Waals surface area contributed by atoms with Gasteiger partial charge in [-0.2, -0.15) is 0 Å². The molecule has 0 N–H and O–H groups in total. The van der Waals surface area contributed by atoms with Crippen LogP contribution < -0.4 is 5.19 Å². The first-order chi connectivity index (χ1) is 14.3. The average molecular weight is 407 g/mol. The molecule has 0 amide bonds. The van der Waals surface area contributed by atoms with Gasteiger partial charge in [-0.15, -0.1) is 0 Å². The summed E-state index contributed by atoms with van der Waals surface area (Å²) in [7, 11) is 0.706. The van der Waals surface area contributed by atoms with Crippen molar-refractivity contribution in [2.45, 2.75) is 48.0 Å². The molecule has 0 spiro atoms. The minimum atomic E-state index is 0.706. The molecule has 0 aliphatic heterocycles. The predicted molar refractivity (Wildman–Crippen MR) is 133 cm³/mol. The van der Waals surface area contributed by atoms with E-state index in [1.165, 1.54) is 60.8 Å². The number of hydrogen-bond acceptors (Lipinski definition) is 0. The lowest BCUT2D eigenvalue weighted by Crippen LogP contribution is -2.20. The van der Waals surface area contributed by atoms with E-state index in [9.17, 15) is 0 Å². The summed E-state index contributed by atoms with van der Waals surface area (Å²) < 4.78 is 0. The molecule has 0 bridgehead atoms. The van der Waals surface area contributed by atoms with Crippen LogP contribution in [0.4, 0.5) is 0 Å². The molecule has 0 aromatic heterocycles. The van der Waals surface area contributed by atoms with Crippen molar-refractivity contribution in [1.82, 2.24) is 0 Å². The molecule has 0 saturated heterocycles. The van der Waals surface area contributed by atoms with Crippen molar-refractivity contribution in [1.29, 1.82) is 0 Å². The number of allylic oxidation sites excluding steroid dienone is 4. The summed E-state index contributed by atoms with van der Waals surface area (Å²) in [6.07, 6.45) is 3.47. The van der Waals surface area contributed by atoms with Crippen LogP contribution in [0, 0.1) is 27.7 Å². The third-order valence-corrected chi connectivity index (χ3v) is 7.62. The van der Waals surface area contributed by atoms with Crippen molar-refractivity contribution in [2.24, 2.45) is 0 Å². The van der Waals surface area contributed by atoms with Crippen LogP contribution in [-0.2, 0) is 0 Å². The van der Waals surface area contributed by atoms with E-state index in [0.29, 0.717) is 9.52 Å². The quantitative estimate of drug-likeness (QED) is 0.402. The Morgan fingerprint density at radius 1 is 0.667 bits per heavy atom. The molecule has 0 saturated carbocycles. The van der Waals surface area contributed by atoms with E-state index < -0.39 is 0 Å². The molecule has 2 radical (unpaired) electrons. The van der Waals surface area contributed by atoms with Gasteiger partial charge >= 0.3 is 0 Å².